The number of carbonyl (C=O) groups is 1. The molecule has 0 bridgehead atoms. The first-order chi connectivity index (χ1) is 8.07. The Labute approximate surface area is 110 Å². The summed E-state index contributed by atoms with van der Waals surface area (Å²) < 4.78 is 7.75. The number of halogens is 1. The minimum absolute atomic E-state index is 0.114. The molecular weight excluding hydrogens is 284 g/mol. The van der Waals surface area contributed by atoms with Crippen molar-refractivity contribution in [2.45, 2.75) is 39.7 Å². The number of ketones is 1. The van der Waals surface area contributed by atoms with Gasteiger partial charge in [0.05, 0.1) is 10.7 Å². The normalized spacial score (nSPS) is 11.1. The molecule has 96 valence electrons. The first-order valence-electron chi connectivity index (χ1n) is 5.91. The van der Waals surface area contributed by atoms with E-state index in [1.807, 2.05) is 20.8 Å². The van der Waals surface area contributed by atoms with Crippen molar-refractivity contribution >= 4 is 21.7 Å². The average Bonchev–Trinajstić information content (AvgIpc) is 2.66. The van der Waals surface area contributed by atoms with Crippen LogP contribution in [0, 0.1) is 0 Å². The number of Topliss-reactive ketones (excluding diaryl/α,β-unsaturated/α-hetero) is 1. The number of hydrogen-bond donors (Lipinski definition) is 0. The molecule has 1 rings (SSSR count). The summed E-state index contributed by atoms with van der Waals surface area (Å²) in [6, 6.07) is 0.187. The summed E-state index contributed by atoms with van der Waals surface area (Å²) in [5, 5.41) is 4.20. The number of hydrogen-bond acceptors (Lipinski definition) is 3. The summed E-state index contributed by atoms with van der Waals surface area (Å²) in [5.74, 6) is 0.114. The Kier molecular flexibility index (Phi) is 5.85. The molecule has 0 fully saturated rings. The Morgan fingerprint density at radius 2 is 2.29 bits per heavy atom. The van der Waals surface area contributed by atoms with Crippen molar-refractivity contribution in [2.24, 2.45) is 0 Å². The molecule has 0 N–H and O–H groups in total. The van der Waals surface area contributed by atoms with Gasteiger partial charge in [0.15, 0.2) is 5.78 Å². The van der Waals surface area contributed by atoms with Gasteiger partial charge in [0.1, 0.15) is 5.69 Å². The highest BCUT2D eigenvalue weighted by molar-refractivity contribution is 9.10. The maximum Gasteiger partial charge on any atom is 0.182 e. The van der Waals surface area contributed by atoms with E-state index >= 15 is 0 Å². The van der Waals surface area contributed by atoms with Crippen LogP contribution in [0.2, 0.25) is 0 Å². The number of ether oxygens (including phenoxy) is 1. The Hall–Kier alpha value is -0.680. The lowest BCUT2D eigenvalue weighted by molar-refractivity contribution is 0.0934. The predicted molar refractivity (Wildman–Crippen MR) is 70.4 cm³/mol. The van der Waals surface area contributed by atoms with Crippen molar-refractivity contribution in [2.75, 3.05) is 13.2 Å². The van der Waals surface area contributed by atoms with Crippen LogP contribution in [0.25, 0.3) is 0 Å². The fourth-order valence-electron chi connectivity index (χ4n) is 1.59. The quantitative estimate of drug-likeness (QED) is 0.574. The van der Waals surface area contributed by atoms with Gasteiger partial charge in [-0.1, -0.05) is 0 Å². The van der Waals surface area contributed by atoms with Gasteiger partial charge in [0.2, 0.25) is 0 Å². The number of aromatic nitrogens is 2. The van der Waals surface area contributed by atoms with Crippen molar-refractivity contribution in [1.29, 1.82) is 0 Å². The first-order valence-corrected chi connectivity index (χ1v) is 6.71. The smallest absolute Gasteiger partial charge is 0.182 e. The zero-order valence-corrected chi connectivity index (χ0v) is 12.2. The molecule has 17 heavy (non-hydrogen) atoms. The van der Waals surface area contributed by atoms with Crippen molar-refractivity contribution in [3.63, 3.8) is 0 Å². The molecule has 0 aliphatic carbocycles. The average molecular weight is 303 g/mol. The maximum atomic E-state index is 12.1. The van der Waals surface area contributed by atoms with E-state index in [0.717, 1.165) is 10.9 Å². The lowest BCUT2D eigenvalue weighted by Crippen LogP contribution is -2.13. The van der Waals surface area contributed by atoms with Crippen molar-refractivity contribution in [1.82, 2.24) is 9.78 Å². The number of rotatable bonds is 7. The SMILES string of the molecule is CCOCCCC(=O)c1c(Br)cnn1C(C)C. The van der Waals surface area contributed by atoms with Crippen LogP contribution < -0.4 is 0 Å². The van der Waals surface area contributed by atoms with Gasteiger partial charge in [-0.15, -0.1) is 0 Å². The molecular formula is C12H19BrN2O2. The lowest BCUT2D eigenvalue weighted by Gasteiger charge is -2.10. The molecule has 0 unspecified atom stereocenters. The van der Waals surface area contributed by atoms with E-state index in [1.165, 1.54) is 0 Å². The van der Waals surface area contributed by atoms with Gasteiger partial charge in [-0.25, -0.2) is 0 Å². The van der Waals surface area contributed by atoms with Gasteiger partial charge < -0.3 is 4.74 Å². The molecule has 0 spiro atoms. The summed E-state index contributed by atoms with van der Waals surface area (Å²) in [5.41, 5.74) is 0.663. The highest BCUT2D eigenvalue weighted by Gasteiger charge is 2.18. The van der Waals surface area contributed by atoms with Crippen molar-refractivity contribution < 1.29 is 9.53 Å². The van der Waals surface area contributed by atoms with Gasteiger partial charge in [0, 0.05) is 25.7 Å². The second-order valence-corrected chi connectivity index (χ2v) is 4.96. The molecule has 0 aliphatic rings. The zero-order chi connectivity index (χ0) is 12.8. The Balaban J connectivity index is 2.65. The van der Waals surface area contributed by atoms with Gasteiger partial charge in [-0.3, -0.25) is 9.48 Å². The third-order valence-electron chi connectivity index (χ3n) is 2.40. The minimum Gasteiger partial charge on any atom is -0.382 e. The van der Waals surface area contributed by atoms with E-state index in [9.17, 15) is 4.79 Å². The highest BCUT2D eigenvalue weighted by Crippen LogP contribution is 2.21. The van der Waals surface area contributed by atoms with E-state index in [0.29, 0.717) is 25.3 Å². The molecule has 1 aromatic rings. The molecule has 4 nitrogen and oxygen atoms in total. The monoisotopic (exact) mass is 302 g/mol. The van der Waals surface area contributed by atoms with Crippen LogP contribution in [0.15, 0.2) is 10.7 Å². The van der Waals surface area contributed by atoms with Crippen LogP contribution in [0.1, 0.15) is 50.1 Å². The predicted octanol–water partition coefficient (Wildman–Crippen LogP) is 3.23. The Morgan fingerprint density at radius 3 is 2.88 bits per heavy atom. The van der Waals surface area contributed by atoms with Gasteiger partial charge in [0.25, 0.3) is 0 Å². The zero-order valence-electron chi connectivity index (χ0n) is 10.6. The summed E-state index contributed by atoms with van der Waals surface area (Å²) in [6.45, 7) is 7.30. The molecule has 5 heteroatoms. The van der Waals surface area contributed by atoms with Crippen LogP contribution in [0.5, 0.6) is 0 Å². The number of nitrogens with zero attached hydrogens (tertiary/aromatic N) is 2. The summed E-state index contributed by atoms with van der Waals surface area (Å²) in [6.07, 6.45) is 2.93. The topological polar surface area (TPSA) is 44.1 Å². The second kappa shape index (κ2) is 6.91. The molecule has 0 saturated heterocycles. The summed E-state index contributed by atoms with van der Waals surface area (Å²) in [7, 11) is 0. The van der Waals surface area contributed by atoms with Crippen LogP contribution in [-0.2, 0) is 4.74 Å². The fourth-order valence-corrected chi connectivity index (χ4v) is 2.09. The summed E-state index contributed by atoms with van der Waals surface area (Å²) in [4.78, 5) is 12.1. The van der Waals surface area contributed by atoms with E-state index < -0.39 is 0 Å². The van der Waals surface area contributed by atoms with E-state index in [1.54, 1.807) is 10.9 Å². The fraction of sp³-hybridized carbons (Fsp3) is 0.667. The van der Waals surface area contributed by atoms with Crippen LogP contribution in [0.3, 0.4) is 0 Å². The second-order valence-electron chi connectivity index (χ2n) is 4.10. The maximum absolute atomic E-state index is 12.1. The van der Waals surface area contributed by atoms with Crippen LogP contribution in [-0.4, -0.2) is 28.8 Å². The Bertz CT molecular complexity index is 375. The Morgan fingerprint density at radius 1 is 1.59 bits per heavy atom. The van der Waals surface area contributed by atoms with E-state index in [4.69, 9.17) is 4.74 Å². The molecule has 0 radical (unpaired) electrons. The van der Waals surface area contributed by atoms with Gasteiger partial charge in [-0.05, 0) is 43.1 Å². The summed E-state index contributed by atoms with van der Waals surface area (Å²) >= 11 is 3.37. The molecule has 0 amide bonds. The molecule has 1 aromatic heterocycles. The minimum atomic E-state index is 0.114. The van der Waals surface area contributed by atoms with Crippen LogP contribution in [0.4, 0.5) is 0 Å². The third kappa shape index (κ3) is 3.92. The number of carbonyl (C=O) groups excluding carboxylic acids is 1. The molecule has 0 atom stereocenters. The van der Waals surface area contributed by atoms with Crippen molar-refractivity contribution in [3.05, 3.63) is 16.4 Å². The largest absolute Gasteiger partial charge is 0.382 e. The highest BCUT2D eigenvalue weighted by atomic mass is 79.9. The lowest BCUT2D eigenvalue weighted by atomic mass is 10.1. The molecule has 0 aromatic carbocycles. The van der Waals surface area contributed by atoms with Crippen LogP contribution >= 0.6 is 15.9 Å². The third-order valence-corrected chi connectivity index (χ3v) is 2.98. The van der Waals surface area contributed by atoms with E-state index in [-0.39, 0.29) is 11.8 Å². The first kappa shape index (κ1) is 14.4. The van der Waals surface area contributed by atoms with Gasteiger partial charge in [-0.2, -0.15) is 5.10 Å². The molecule has 1 heterocycles. The standard InChI is InChI=1S/C12H19BrN2O2/c1-4-17-7-5-6-11(16)12-10(13)8-14-15(12)9(2)3/h8-9H,4-7H2,1-3H3. The molecule has 0 aliphatic heterocycles. The van der Waals surface area contributed by atoms with Crippen molar-refractivity contribution in [3.8, 4) is 0 Å². The molecule has 0 saturated carbocycles. The van der Waals surface area contributed by atoms with Gasteiger partial charge >= 0.3 is 0 Å². The van der Waals surface area contributed by atoms with E-state index in [2.05, 4.69) is 21.0 Å².